The number of hydrogen-bond acceptors (Lipinski definition) is 3. The van der Waals surface area contributed by atoms with E-state index in [2.05, 4.69) is 11.9 Å². The van der Waals surface area contributed by atoms with Crippen molar-refractivity contribution in [1.82, 2.24) is 4.90 Å². The zero-order chi connectivity index (χ0) is 8.97. The predicted molar refractivity (Wildman–Crippen MR) is 49.9 cm³/mol. The summed E-state index contributed by atoms with van der Waals surface area (Å²) in [5, 5.41) is 9.72. The molecular formula is C9H20N2O. The highest BCUT2D eigenvalue weighted by Crippen LogP contribution is 2.18. The largest absolute Gasteiger partial charge is 0.391 e. The van der Waals surface area contributed by atoms with Gasteiger partial charge in [-0.1, -0.05) is 6.42 Å². The summed E-state index contributed by atoms with van der Waals surface area (Å²) in [7, 11) is 2.09. The lowest BCUT2D eigenvalue weighted by Crippen LogP contribution is -2.45. The summed E-state index contributed by atoms with van der Waals surface area (Å²) in [4.78, 5) is 2.25. The lowest BCUT2D eigenvalue weighted by Gasteiger charge is -2.35. The first-order valence-electron chi connectivity index (χ1n) is 4.84. The van der Waals surface area contributed by atoms with E-state index in [-0.39, 0.29) is 6.10 Å². The summed E-state index contributed by atoms with van der Waals surface area (Å²) >= 11 is 0. The molecule has 1 saturated heterocycles. The topological polar surface area (TPSA) is 49.5 Å². The Balaban J connectivity index is 2.36. The quantitative estimate of drug-likeness (QED) is 0.638. The second-order valence-corrected chi connectivity index (χ2v) is 3.69. The molecule has 0 aliphatic carbocycles. The molecule has 0 aromatic carbocycles. The Labute approximate surface area is 74.5 Å². The molecule has 2 atom stereocenters. The van der Waals surface area contributed by atoms with Gasteiger partial charge in [-0.3, -0.25) is 0 Å². The average Bonchev–Trinajstić information content (AvgIpc) is 2.05. The van der Waals surface area contributed by atoms with Crippen LogP contribution in [0.25, 0.3) is 0 Å². The van der Waals surface area contributed by atoms with Crippen LogP contribution >= 0.6 is 0 Å². The molecular weight excluding hydrogens is 152 g/mol. The van der Waals surface area contributed by atoms with Gasteiger partial charge in [0.25, 0.3) is 0 Å². The Hall–Kier alpha value is -0.120. The lowest BCUT2D eigenvalue weighted by atomic mass is 9.96. The van der Waals surface area contributed by atoms with Crippen LogP contribution in [-0.4, -0.2) is 42.3 Å². The standard InChI is InChI=1S/C9H20N2O/c1-11-7-3-2-4-8(11)9(12)5-6-10/h8-9,12H,2-7,10H2,1H3/t8?,9-/m1/s1. The summed E-state index contributed by atoms with van der Waals surface area (Å²) in [6.07, 6.45) is 4.14. The molecule has 1 heterocycles. The Morgan fingerprint density at radius 1 is 1.58 bits per heavy atom. The highest BCUT2D eigenvalue weighted by Gasteiger charge is 2.24. The van der Waals surface area contributed by atoms with Crippen LogP contribution in [0.3, 0.4) is 0 Å². The van der Waals surface area contributed by atoms with E-state index in [1.54, 1.807) is 0 Å². The van der Waals surface area contributed by atoms with Crippen molar-refractivity contribution in [2.75, 3.05) is 20.1 Å². The summed E-state index contributed by atoms with van der Waals surface area (Å²) < 4.78 is 0. The Bertz CT molecular complexity index is 130. The van der Waals surface area contributed by atoms with Crippen LogP contribution in [-0.2, 0) is 0 Å². The second-order valence-electron chi connectivity index (χ2n) is 3.69. The number of rotatable bonds is 3. The molecule has 0 aromatic rings. The van der Waals surface area contributed by atoms with E-state index >= 15 is 0 Å². The molecule has 72 valence electrons. The molecule has 0 aromatic heterocycles. The van der Waals surface area contributed by atoms with Gasteiger partial charge in [0.2, 0.25) is 0 Å². The van der Waals surface area contributed by atoms with Crippen molar-refractivity contribution in [2.45, 2.75) is 37.8 Å². The summed E-state index contributed by atoms with van der Waals surface area (Å²) in [5.41, 5.74) is 5.40. The summed E-state index contributed by atoms with van der Waals surface area (Å²) in [5.74, 6) is 0. The van der Waals surface area contributed by atoms with Crippen LogP contribution in [0.1, 0.15) is 25.7 Å². The van der Waals surface area contributed by atoms with Gasteiger partial charge < -0.3 is 15.7 Å². The van der Waals surface area contributed by atoms with E-state index in [0.29, 0.717) is 12.6 Å². The van der Waals surface area contributed by atoms with E-state index in [9.17, 15) is 5.11 Å². The van der Waals surface area contributed by atoms with Crippen molar-refractivity contribution >= 4 is 0 Å². The van der Waals surface area contributed by atoms with E-state index < -0.39 is 0 Å². The number of aliphatic hydroxyl groups excluding tert-OH is 1. The highest BCUT2D eigenvalue weighted by molar-refractivity contribution is 4.80. The molecule has 3 heteroatoms. The number of likely N-dealkylation sites (N-methyl/N-ethyl adjacent to an activating group) is 1. The molecule has 3 nitrogen and oxygen atoms in total. The monoisotopic (exact) mass is 172 g/mol. The smallest absolute Gasteiger partial charge is 0.0707 e. The van der Waals surface area contributed by atoms with Crippen molar-refractivity contribution in [3.05, 3.63) is 0 Å². The van der Waals surface area contributed by atoms with Gasteiger partial charge in [0.15, 0.2) is 0 Å². The molecule has 0 amide bonds. The van der Waals surface area contributed by atoms with E-state index in [1.165, 1.54) is 12.8 Å². The SMILES string of the molecule is CN1CCCCC1[C@H](O)CCN. The summed E-state index contributed by atoms with van der Waals surface area (Å²) in [6, 6.07) is 0.349. The second kappa shape index (κ2) is 4.80. The molecule has 0 bridgehead atoms. The van der Waals surface area contributed by atoms with Gasteiger partial charge in [0.05, 0.1) is 6.10 Å². The normalized spacial score (nSPS) is 28.8. The fourth-order valence-electron chi connectivity index (χ4n) is 1.95. The van der Waals surface area contributed by atoms with Crippen LogP contribution < -0.4 is 5.73 Å². The molecule has 1 rings (SSSR count). The van der Waals surface area contributed by atoms with Gasteiger partial charge in [-0.2, -0.15) is 0 Å². The van der Waals surface area contributed by atoms with E-state index in [4.69, 9.17) is 5.73 Å². The third-order valence-corrected chi connectivity index (χ3v) is 2.73. The molecule has 0 spiro atoms. The van der Waals surface area contributed by atoms with Crippen LogP contribution in [0.4, 0.5) is 0 Å². The number of hydrogen-bond donors (Lipinski definition) is 2. The van der Waals surface area contributed by atoms with Crippen LogP contribution in [0.5, 0.6) is 0 Å². The average molecular weight is 172 g/mol. The van der Waals surface area contributed by atoms with Crippen LogP contribution in [0.15, 0.2) is 0 Å². The fraction of sp³-hybridized carbons (Fsp3) is 1.00. The number of likely N-dealkylation sites (tertiary alicyclic amines) is 1. The van der Waals surface area contributed by atoms with E-state index in [0.717, 1.165) is 19.4 Å². The molecule has 12 heavy (non-hydrogen) atoms. The maximum Gasteiger partial charge on any atom is 0.0707 e. The van der Waals surface area contributed by atoms with Crippen LogP contribution in [0, 0.1) is 0 Å². The molecule has 1 fully saturated rings. The first-order valence-corrected chi connectivity index (χ1v) is 4.84. The molecule has 1 aliphatic heterocycles. The van der Waals surface area contributed by atoms with Gasteiger partial charge in [0.1, 0.15) is 0 Å². The number of aliphatic hydroxyl groups is 1. The van der Waals surface area contributed by atoms with Gasteiger partial charge >= 0.3 is 0 Å². The van der Waals surface area contributed by atoms with Crippen molar-refractivity contribution in [3.63, 3.8) is 0 Å². The van der Waals surface area contributed by atoms with Gasteiger partial charge in [-0.25, -0.2) is 0 Å². The zero-order valence-electron chi connectivity index (χ0n) is 7.87. The minimum absolute atomic E-state index is 0.222. The molecule has 0 radical (unpaired) electrons. The zero-order valence-corrected chi connectivity index (χ0v) is 7.87. The highest BCUT2D eigenvalue weighted by atomic mass is 16.3. The molecule has 0 saturated carbocycles. The maximum atomic E-state index is 9.72. The van der Waals surface area contributed by atoms with Gasteiger partial charge in [-0.05, 0) is 39.4 Å². The van der Waals surface area contributed by atoms with Gasteiger partial charge in [-0.15, -0.1) is 0 Å². The molecule has 3 N–H and O–H groups in total. The third kappa shape index (κ3) is 2.44. The fourth-order valence-corrected chi connectivity index (χ4v) is 1.95. The first kappa shape index (κ1) is 9.96. The molecule has 1 unspecified atom stereocenters. The lowest BCUT2D eigenvalue weighted by molar-refractivity contribution is 0.0375. The van der Waals surface area contributed by atoms with Gasteiger partial charge in [0, 0.05) is 6.04 Å². The third-order valence-electron chi connectivity index (χ3n) is 2.73. The number of nitrogens with two attached hydrogens (primary N) is 1. The van der Waals surface area contributed by atoms with Crippen LogP contribution in [0.2, 0.25) is 0 Å². The molecule has 1 aliphatic rings. The Kier molecular flexibility index (Phi) is 3.98. The minimum Gasteiger partial charge on any atom is -0.391 e. The number of piperidine rings is 1. The van der Waals surface area contributed by atoms with Crippen molar-refractivity contribution in [2.24, 2.45) is 5.73 Å². The minimum atomic E-state index is -0.222. The number of nitrogens with zero attached hydrogens (tertiary/aromatic N) is 1. The van der Waals surface area contributed by atoms with E-state index in [1.807, 2.05) is 0 Å². The first-order chi connectivity index (χ1) is 5.75. The maximum absolute atomic E-state index is 9.72. The Morgan fingerprint density at radius 2 is 2.33 bits per heavy atom. The Morgan fingerprint density at radius 3 is 2.92 bits per heavy atom. The van der Waals surface area contributed by atoms with Crippen molar-refractivity contribution in [1.29, 1.82) is 0 Å². The van der Waals surface area contributed by atoms with Crippen molar-refractivity contribution in [3.8, 4) is 0 Å². The van der Waals surface area contributed by atoms with Crippen molar-refractivity contribution < 1.29 is 5.11 Å². The predicted octanol–water partition coefficient (Wildman–Crippen LogP) is 0.180. The summed E-state index contributed by atoms with van der Waals surface area (Å²) in [6.45, 7) is 1.71.